The minimum absolute atomic E-state index is 0.0887. The van der Waals surface area contributed by atoms with Crippen molar-refractivity contribution < 1.29 is 12.8 Å². The van der Waals surface area contributed by atoms with Crippen LogP contribution < -0.4 is 10.0 Å². The Bertz CT molecular complexity index is 759. The maximum atomic E-state index is 13.5. The topological polar surface area (TPSA) is 58.2 Å². The molecule has 0 atom stereocenters. The molecule has 0 amide bonds. The minimum atomic E-state index is -3.79. The first-order valence-electron chi connectivity index (χ1n) is 6.03. The molecule has 0 heterocycles. The zero-order chi connectivity index (χ0) is 15.5. The average molecular weight is 324 g/mol. The summed E-state index contributed by atoms with van der Waals surface area (Å²) in [6, 6.07) is 12.2. The monoisotopic (exact) mass is 324 g/mol. The highest BCUT2D eigenvalue weighted by molar-refractivity contribution is 7.92. The van der Waals surface area contributed by atoms with Crippen molar-refractivity contribution in [3.63, 3.8) is 0 Å². The van der Waals surface area contributed by atoms with Gasteiger partial charge in [0.05, 0.1) is 10.6 Å². The summed E-state index contributed by atoms with van der Waals surface area (Å²) >= 11 is 4.90. The second-order valence-corrected chi connectivity index (χ2v) is 6.44. The number of halogens is 1. The fraction of sp³-hybridized carbons (Fsp3) is 0.0714. The van der Waals surface area contributed by atoms with E-state index in [-0.39, 0.29) is 15.7 Å². The van der Waals surface area contributed by atoms with E-state index in [1.54, 1.807) is 18.2 Å². The van der Waals surface area contributed by atoms with Crippen LogP contribution >= 0.6 is 12.2 Å². The van der Waals surface area contributed by atoms with E-state index < -0.39 is 15.8 Å². The Kier molecular flexibility index (Phi) is 4.54. The Morgan fingerprint density at radius 3 is 2.33 bits per heavy atom. The van der Waals surface area contributed by atoms with Crippen molar-refractivity contribution in [3.05, 3.63) is 59.9 Å². The van der Waals surface area contributed by atoms with Gasteiger partial charge in [-0.3, -0.25) is 4.72 Å². The first-order valence-corrected chi connectivity index (χ1v) is 7.92. The van der Waals surface area contributed by atoms with Crippen LogP contribution in [0, 0.1) is 12.7 Å². The molecular formula is C14H13FN2O2S2. The Labute approximate surface area is 128 Å². The quantitative estimate of drug-likeness (QED) is 0.853. The molecule has 0 aliphatic rings. The third kappa shape index (κ3) is 3.99. The molecule has 0 unspecified atom stereocenters. The summed E-state index contributed by atoms with van der Waals surface area (Å²) in [5, 5.41) is 2.32. The van der Waals surface area contributed by atoms with Gasteiger partial charge in [0.1, 0.15) is 5.82 Å². The molecule has 0 aromatic heterocycles. The molecule has 2 N–H and O–H groups in total. The lowest BCUT2D eigenvalue weighted by Crippen LogP contribution is -2.34. The molecule has 0 radical (unpaired) electrons. The van der Waals surface area contributed by atoms with Crippen LogP contribution in [0.4, 0.5) is 10.1 Å². The van der Waals surface area contributed by atoms with Gasteiger partial charge in [0.2, 0.25) is 0 Å². The van der Waals surface area contributed by atoms with Crippen molar-refractivity contribution in [3.8, 4) is 0 Å². The van der Waals surface area contributed by atoms with Gasteiger partial charge in [-0.2, -0.15) is 0 Å². The number of hydrogen-bond acceptors (Lipinski definition) is 3. The lowest BCUT2D eigenvalue weighted by molar-refractivity contribution is 0.592. The molecule has 0 aliphatic carbocycles. The summed E-state index contributed by atoms with van der Waals surface area (Å²) in [4.78, 5) is 0.0887. The lowest BCUT2D eigenvalue weighted by Gasteiger charge is -2.11. The Hall–Kier alpha value is -1.99. The number of nitrogens with one attached hydrogen (secondary N) is 2. The molecule has 7 heteroatoms. The van der Waals surface area contributed by atoms with E-state index >= 15 is 0 Å². The van der Waals surface area contributed by atoms with Crippen molar-refractivity contribution in [2.45, 2.75) is 11.8 Å². The Morgan fingerprint density at radius 2 is 1.71 bits per heavy atom. The van der Waals surface area contributed by atoms with E-state index in [0.29, 0.717) is 0 Å². The number of rotatable bonds is 3. The van der Waals surface area contributed by atoms with Crippen LogP contribution in [0.2, 0.25) is 0 Å². The molecule has 2 aromatic rings. The van der Waals surface area contributed by atoms with Crippen LogP contribution in [0.3, 0.4) is 0 Å². The first kappa shape index (κ1) is 15.4. The lowest BCUT2D eigenvalue weighted by atomic mass is 10.2. The summed E-state index contributed by atoms with van der Waals surface area (Å²) in [5.74, 6) is -0.519. The van der Waals surface area contributed by atoms with Gasteiger partial charge in [-0.05, 0) is 43.4 Å². The van der Waals surface area contributed by atoms with Crippen LogP contribution in [0.5, 0.6) is 0 Å². The van der Waals surface area contributed by atoms with Gasteiger partial charge in [-0.1, -0.05) is 29.8 Å². The van der Waals surface area contributed by atoms with Gasteiger partial charge in [0.15, 0.2) is 5.11 Å². The summed E-state index contributed by atoms with van der Waals surface area (Å²) in [7, 11) is -3.79. The van der Waals surface area contributed by atoms with Gasteiger partial charge in [0.25, 0.3) is 10.0 Å². The van der Waals surface area contributed by atoms with Gasteiger partial charge < -0.3 is 5.32 Å². The van der Waals surface area contributed by atoms with E-state index in [4.69, 9.17) is 12.2 Å². The third-order valence-corrected chi connectivity index (χ3v) is 4.38. The number of sulfonamides is 1. The number of anilines is 1. The summed E-state index contributed by atoms with van der Waals surface area (Å²) in [6.07, 6.45) is 0. The molecule has 0 spiro atoms. The molecule has 4 nitrogen and oxygen atoms in total. The Balaban J connectivity index is 2.12. The zero-order valence-electron chi connectivity index (χ0n) is 11.1. The van der Waals surface area contributed by atoms with Crippen molar-refractivity contribution in [1.29, 1.82) is 0 Å². The van der Waals surface area contributed by atoms with Crippen molar-refractivity contribution in [1.82, 2.24) is 4.72 Å². The SMILES string of the molecule is Cc1ccc(S(=O)(=O)NC(=S)Nc2ccccc2F)cc1. The van der Waals surface area contributed by atoms with Gasteiger partial charge >= 0.3 is 0 Å². The highest BCUT2D eigenvalue weighted by Gasteiger charge is 2.15. The molecular weight excluding hydrogens is 311 g/mol. The van der Waals surface area contributed by atoms with E-state index in [2.05, 4.69) is 10.0 Å². The van der Waals surface area contributed by atoms with E-state index in [9.17, 15) is 12.8 Å². The summed E-state index contributed by atoms with van der Waals surface area (Å²) < 4.78 is 39.8. The van der Waals surface area contributed by atoms with E-state index in [1.165, 1.54) is 30.3 Å². The third-order valence-electron chi connectivity index (χ3n) is 2.68. The Morgan fingerprint density at radius 1 is 1.10 bits per heavy atom. The average Bonchev–Trinajstić information content (AvgIpc) is 2.41. The van der Waals surface area contributed by atoms with Crippen LogP contribution in [0.1, 0.15) is 5.56 Å². The predicted molar refractivity (Wildman–Crippen MR) is 84.1 cm³/mol. The van der Waals surface area contributed by atoms with Crippen LogP contribution in [-0.4, -0.2) is 13.5 Å². The molecule has 2 rings (SSSR count). The smallest absolute Gasteiger partial charge is 0.263 e. The maximum absolute atomic E-state index is 13.5. The molecule has 21 heavy (non-hydrogen) atoms. The largest absolute Gasteiger partial charge is 0.330 e. The second kappa shape index (κ2) is 6.19. The number of hydrogen-bond donors (Lipinski definition) is 2. The van der Waals surface area contributed by atoms with Crippen LogP contribution in [-0.2, 0) is 10.0 Å². The van der Waals surface area contributed by atoms with Crippen LogP contribution in [0.25, 0.3) is 0 Å². The van der Waals surface area contributed by atoms with Gasteiger partial charge in [-0.25, -0.2) is 12.8 Å². The highest BCUT2D eigenvalue weighted by Crippen LogP contribution is 2.13. The van der Waals surface area contributed by atoms with Gasteiger partial charge in [-0.15, -0.1) is 0 Å². The molecule has 0 bridgehead atoms. The molecule has 110 valence electrons. The molecule has 2 aromatic carbocycles. The highest BCUT2D eigenvalue weighted by atomic mass is 32.2. The fourth-order valence-electron chi connectivity index (χ4n) is 1.61. The number of para-hydroxylation sites is 1. The molecule has 0 saturated heterocycles. The van der Waals surface area contributed by atoms with Crippen molar-refractivity contribution in [2.24, 2.45) is 0 Å². The molecule has 0 saturated carbocycles. The molecule has 0 fully saturated rings. The predicted octanol–water partition coefficient (Wildman–Crippen LogP) is 2.81. The van der Waals surface area contributed by atoms with Crippen molar-refractivity contribution >= 4 is 33.0 Å². The fourth-order valence-corrected chi connectivity index (χ4v) is 2.96. The maximum Gasteiger partial charge on any atom is 0.263 e. The summed E-state index contributed by atoms with van der Waals surface area (Å²) in [5.41, 5.74) is 1.05. The van der Waals surface area contributed by atoms with Crippen LogP contribution in [0.15, 0.2) is 53.4 Å². The summed E-state index contributed by atoms with van der Waals surface area (Å²) in [6.45, 7) is 1.86. The second-order valence-electron chi connectivity index (χ2n) is 4.35. The standard InChI is InChI=1S/C14H13FN2O2S2/c1-10-6-8-11(9-7-10)21(18,19)17-14(20)16-13-5-3-2-4-12(13)15/h2-9H,1H3,(H2,16,17,20). The zero-order valence-corrected chi connectivity index (χ0v) is 12.8. The minimum Gasteiger partial charge on any atom is -0.330 e. The molecule has 0 aliphatic heterocycles. The van der Waals surface area contributed by atoms with Crippen molar-refractivity contribution in [2.75, 3.05) is 5.32 Å². The number of aryl methyl sites for hydroxylation is 1. The first-order chi connectivity index (χ1) is 9.88. The van der Waals surface area contributed by atoms with Gasteiger partial charge in [0, 0.05) is 0 Å². The van der Waals surface area contributed by atoms with E-state index in [1.807, 2.05) is 6.92 Å². The number of benzene rings is 2. The normalized spacial score (nSPS) is 11.0. The number of thiocarbonyl (C=S) groups is 1. The van der Waals surface area contributed by atoms with E-state index in [0.717, 1.165) is 5.56 Å².